The molecule has 1 amide bonds. The highest BCUT2D eigenvalue weighted by molar-refractivity contribution is 6.31. The zero-order chi connectivity index (χ0) is 19.6. The largest absolute Gasteiger partial charge is 0.391 e. The number of hydrogen-bond acceptors (Lipinski definition) is 3. The van der Waals surface area contributed by atoms with E-state index in [0.29, 0.717) is 10.9 Å². The van der Waals surface area contributed by atoms with Gasteiger partial charge in [0, 0.05) is 30.8 Å². The number of fused-ring (bicyclic) bond motifs is 1. The van der Waals surface area contributed by atoms with Crippen molar-refractivity contribution in [1.82, 2.24) is 20.0 Å². The summed E-state index contributed by atoms with van der Waals surface area (Å²) in [7, 11) is 1.93. The molecule has 27 heavy (non-hydrogen) atoms. The van der Waals surface area contributed by atoms with Gasteiger partial charge in [-0.25, -0.2) is 4.98 Å². The van der Waals surface area contributed by atoms with Crippen LogP contribution in [0.15, 0.2) is 42.0 Å². The van der Waals surface area contributed by atoms with Crippen LogP contribution in [-0.2, 0) is 4.79 Å². The topological polar surface area (TPSA) is 58.4 Å². The summed E-state index contributed by atoms with van der Waals surface area (Å²) >= 11 is 6.19. The zero-order valence-corrected chi connectivity index (χ0v) is 17.1. The van der Waals surface area contributed by atoms with Gasteiger partial charge in [-0.05, 0) is 56.7 Å². The highest BCUT2D eigenvalue weighted by Gasteiger charge is 2.26. The zero-order valence-electron chi connectivity index (χ0n) is 16.3. The number of hydrogen-bond donors (Lipinski definition) is 2. The average molecular weight is 387 g/mol. The van der Waals surface area contributed by atoms with Gasteiger partial charge in [-0.15, -0.1) is 0 Å². The molecule has 5 nitrogen and oxygen atoms in total. The molecule has 6 heteroatoms. The molecule has 0 radical (unpaired) electrons. The normalized spacial score (nSPS) is 16.5. The van der Waals surface area contributed by atoms with Crippen LogP contribution in [0, 0.1) is 12.8 Å². The average Bonchev–Trinajstić information content (AvgIpc) is 3.40. The van der Waals surface area contributed by atoms with E-state index < -0.39 is 0 Å². The Morgan fingerprint density at radius 2 is 2.19 bits per heavy atom. The predicted molar refractivity (Wildman–Crippen MR) is 110 cm³/mol. The van der Waals surface area contributed by atoms with Crippen molar-refractivity contribution in [2.45, 2.75) is 46.0 Å². The minimum atomic E-state index is -0.364. The van der Waals surface area contributed by atoms with Gasteiger partial charge in [0.15, 0.2) is 0 Å². The Labute approximate surface area is 165 Å². The quantitative estimate of drug-likeness (QED) is 0.696. The van der Waals surface area contributed by atoms with E-state index in [9.17, 15) is 4.79 Å². The fourth-order valence-electron chi connectivity index (χ4n) is 3.04. The Bertz CT molecular complexity index is 869. The molecule has 1 unspecified atom stereocenters. The molecule has 144 valence electrons. The lowest BCUT2D eigenvalue weighted by Crippen LogP contribution is -2.27. The van der Waals surface area contributed by atoms with Crippen molar-refractivity contribution in [3.05, 3.63) is 58.3 Å². The van der Waals surface area contributed by atoms with E-state index in [2.05, 4.69) is 28.6 Å². The number of amides is 1. The maximum absolute atomic E-state index is 12.8. The summed E-state index contributed by atoms with van der Waals surface area (Å²) in [6.07, 6.45) is 11.1. The van der Waals surface area contributed by atoms with E-state index in [4.69, 9.17) is 11.6 Å². The lowest BCUT2D eigenvalue weighted by molar-refractivity contribution is -0.121. The number of rotatable bonds is 7. The van der Waals surface area contributed by atoms with Crippen LogP contribution < -0.4 is 10.6 Å². The van der Waals surface area contributed by atoms with Crippen LogP contribution in [-0.4, -0.2) is 22.3 Å². The Morgan fingerprint density at radius 3 is 2.81 bits per heavy atom. The summed E-state index contributed by atoms with van der Waals surface area (Å²) in [5, 5.41) is 7.00. The number of aryl methyl sites for hydroxylation is 1. The Balaban J connectivity index is 1.78. The second-order valence-corrected chi connectivity index (χ2v) is 7.55. The SMILES string of the molecule is CC/C=C(/C=C(\NC)C1CC1)NC(=O)C(C)c1cn2cc(Cl)c(C)cc2n1. The van der Waals surface area contributed by atoms with E-state index in [1.165, 1.54) is 18.5 Å². The van der Waals surface area contributed by atoms with Crippen LogP contribution in [0.25, 0.3) is 5.65 Å². The van der Waals surface area contributed by atoms with Crippen LogP contribution in [0.4, 0.5) is 0 Å². The summed E-state index contributed by atoms with van der Waals surface area (Å²) in [4.78, 5) is 17.4. The van der Waals surface area contributed by atoms with Gasteiger partial charge < -0.3 is 15.0 Å². The third-order valence-electron chi connectivity index (χ3n) is 4.90. The van der Waals surface area contributed by atoms with Crippen molar-refractivity contribution in [3.8, 4) is 0 Å². The molecule has 2 aromatic heterocycles. The van der Waals surface area contributed by atoms with Gasteiger partial charge in [0.2, 0.25) is 5.91 Å². The van der Waals surface area contributed by atoms with Crippen molar-refractivity contribution in [2.24, 2.45) is 5.92 Å². The van der Waals surface area contributed by atoms with Gasteiger partial charge in [0.05, 0.1) is 16.6 Å². The maximum Gasteiger partial charge on any atom is 0.233 e. The number of imidazole rings is 1. The molecule has 3 rings (SSSR count). The maximum atomic E-state index is 12.8. The highest BCUT2D eigenvalue weighted by Crippen LogP contribution is 2.35. The fraction of sp³-hybridized carbons (Fsp3) is 0.429. The van der Waals surface area contributed by atoms with Gasteiger partial charge in [0.1, 0.15) is 5.65 Å². The van der Waals surface area contributed by atoms with E-state index in [0.717, 1.165) is 29.0 Å². The first-order valence-electron chi connectivity index (χ1n) is 9.48. The predicted octanol–water partition coefficient (Wildman–Crippen LogP) is 4.32. The van der Waals surface area contributed by atoms with E-state index in [1.54, 1.807) is 0 Å². The minimum absolute atomic E-state index is 0.0663. The standard InChI is InChI=1S/C21H27ClN4O/c1-5-6-16(10-18(23-4)15-7-8-15)24-21(27)14(3)19-12-26-11-17(22)13(2)9-20(26)25-19/h6,9-12,14-15,23H,5,7-8H2,1-4H3,(H,24,27)/b16-6-,18-10-. The second kappa shape index (κ2) is 8.17. The van der Waals surface area contributed by atoms with Crippen molar-refractivity contribution in [2.75, 3.05) is 7.05 Å². The first-order chi connectivity index (χ1) is 12.9. The number of halogens is 1. The van der Waals surface area contributed by atoms with Crippen LogP contribution in [0.1, 0.15) is 50.3 Å². The third kappa shape index (κ3) is 4.53. The molecule has 0 aliphatic heterocycles. The number of nitrogens with zero attached hydrogens (tertiary/aromatic N) is 2. The molecule has 0 spiro atoms. The van der Waals surface area contributed by atoms with Gasteiger partial charge in [-0.2, -0.15) is 0 Å². The number of aromatic nitrogens is 2. The minimum Gasteiger partial charge on any atom is -0.391 e. The van der Waals surface area contributed by atoms with Crippen molar-refractivity contribution in [1.29, 1.82) is 0 Å². The summed E-state index contributed by atoms with van der Waals surface area (Å²) in [5.74, 6) is 0.163. The lowest BCUT2D eigenvalue weighted by atomic mass is 10.1. The lowest BCUT2D eigenvalue weighted by Gasteiger charge is -2.13. The van der Waals surface area contributed by atoms with E-state index in [-0.39, 0.29) is 11.8 Å². The molecule has 0 bridgehead atoms. The number of allylic oxidation sites excluding steroid dienone is 3. The number of pyridine rings is 1. The van der Waals surface area contributed by atoms with Crippen LogP contribution in [0.2, 0.25) is 5.02 Å². The molecule has 2 heterocycles. The van der Waals surface area contributed by atoms with Crippen LogP contribution in [0.5, 0.6) is 0 Å². The van der Waals surface area contributed by atoms with Crippen molar-refractivity contribution in [3.63, 3.8) is 0 Å². The molecule has 1 fully saturated rings. The Kier molecular flexibility index (Phi) is 5.90. The summed E-state index contributed by atoms with van der Waals surface area (Å²) in [5.41, 5.74) is 4.51. The monoisotopic (exact) mass is 386 g/mol. The molecular formula is C21H27ClN4O. The molecule has 1 aliphatic rings. The smallest absolute Gasteiger partial charge is 0.233 e. The summed E-state index contributed by atoms with van der Waals surface area (Å²) < 4.78 is 1.86. The molecule has 0 saturated heterocycles. The van der Waals surface area contributed by atoms with Crippen molar-refractivity contribution < 1.29 is 4.79 Å². The number of carbonyl (C=O) groups excluding carboxylic acids is 1. The first-order valence-corrected chi connectivity index (χ1v) is 9.85. The molecular weight excluding hydrogens is 360 g/mol. The second-order valence-electron chi connectivity index (χ2n) is 7.14. The molecule has 2 N–H and O–H groups in total. The molecule has 1 atom stereocenters. The molecule has 0 aromatic carbocycles. The van der Waals surface area contributed by atoms with Crippen molar-refractivity contribution >= 4 is 23.2 Å². The van der Waals surface area contributed by atoms with Crippen LogP contribution in [0.3, 0.4) is 0 Å². The third-order valence-corrected chi connectivity index (χ3v) is 5.30. The molecule has 1 saturated carbocycles. The van der Waals surface area contributed by atoms with E-state index >= 15 is 0 Å². The van der Waals surface area contributed by atoms with Gasteiger partial charge in [-0.1, -0.05) is 24.6 Å². The summed E-state index contributed by atoms with van der Waals surface area (Å²) in [6.45, 7) is 5.88. The summed E-state index contributed by atoms with van der Waals surface area (Å²) in [6, 6.07) is 1.93. The molecule has 2 aromatic rings. The highest BCUT2D eigenvalue weighted by atomic mass is 35.5. The number of carbonyl (C=O) groups is 1. The fourth-order valence-corrected chi connectivity index (χ4v) is 3.20. The van der Waals surface area contributed by atoms with Gasteiger partial charge in [0.25, 0.3) is 0 Å². The Morgan fingerprint density at radius 1 is 1.44 bits per heavy atom. The van der Waals surface area contributed by atoms with Crippen LogP contribution >= 0.6 is 11.6 Å². The first kappa shape index (κ1) is 19.5. The Hall–Kier alpha value is -2.27. The van der Waals surface area contributed by atoms with Gasteiger partial charge in [-0.3, -0.25) is 4.79 Å². The van der Waals surface area contributed by atoms with E-state index in [1.807, 2.05) is 49.8 Å². The number of nitrogens with one attached hydrogen (secondary N) is 2. The van der Waals surface area contributed by atoms with Gasteiger partial charge >= 0.3 is 0 Å². The molecule has 1 aliphatic carbocycles.